The van der Waals surface area contributed by atoms with Gasteiger partial charge in [-0.1, -0.05) is 0 Å². The molecular weight excluding hydrogens is 242 g/mol. The Morgan fingerprint density at radius 1 is 1.57 bits per heavy atom. The molecule has 0 saturated carbocycles. The molecule has 0 saturated heterocycles. The highest BCUT2D eigenvalue weighted by Crippen LogP contribution is 2.17. The maximum Gasteiger partial charge on any atom is 0.0640 e. The van der Waals surface area contributed by atoms with Crippen LogP contribution in [0.15, 0.2) is 22.9 Å². The van der Waals surface area contributed by atoms with E-state index in [1.54, 1.807) is 6.20 Å². The van der Waals surface area contributed by atoms with Crippen LogP contribution in [0, 0.1) is 11.3 Å². The number of anilines is 1. The van der Waals surface area contributed by atoms with Gasteiger partial charge in [-0.25, -0.2) is 0 Å². The zero-order chi connectivity index (χ0) is 10.4. The van der Waals surface area contributed by atoms with Crippen molar-refractivity contribution < 1.29 is 0 Å². The standard InChI is InChI=1S/C10H12BrN3/c1-2-14(5-3-4-12)10-6-9(11)7-13-8-10/h6-8H,2-3,5H2,1H3. The van der Waals surface area contributed by atoms with Crippen molar-refractivity contribution in [3.63, 3.8) is 0 Å². The number of hydrogen-bond acceptors (Lipinski definition) is 3. The van der Waals surface area contributed by atoms with Gasteiger partial charge in [0, 0.05) is 23.8 Å². The third kappa shape index (κ3) is 3.00. The van der Waals surface area contributed by atoms with E-state index in [1.165, 1.54) is 0 Å². The lowest BCUT2D eigenvalue weighted by molar-refractivity contribution is 0.824. The number of aromatic nitrogens is 1. The summed E-state index contributed by atoms with van der Waals surface area (Å²) in [6.45, 7) is 3.71. The fourth-order valence-electron chi connectivity index (χ4n) is 1.23. The predicted octanol–water partition coefficient (Wildman–Crippen LogP) is 2.58. The van der Waals surface area contributed by atoms with Crippen LogP contribution in [0.2, 0.25) is 0 Å². The maximum atomic E-state index is 8.51. The molecule has 0 aliphatic carbocycles. The van der Waals surface area contributed by atoms with Crippen molar-refractivity contribution in [1.29, 1.82) is 5.26 Å². The van der Waals surface area contributed by atoms with Gasteiger partial charge in [0.15, 0.2) is 0 Å². The maximum absolute atomic E-state index is 8.51. The van der Waals surface area contributed by atoms with E-state index in [0.29, 0.717) is 6.42 Å². The van der Waals surface area contributed by atoms with Gasteiger partial charge in [-0.3, -0.25) is 4.98 Å². The van der Waals surface area contributed by atoms with Crippen LogP contribution in [0.1, 0.15) is 13.3 Å². The average Bonchev–Trinajstić information content (AvgIpc) is 2.19. The molecule has 0 radical (unpaired) electrons. The topological polar surface area (TPSA) is 39.9 Å². The fraction of sp³-hybridized carbons (Fsp3) is 0.400. The molecular formula is C10H12BrN3. The predicted molar refractivity (Wildman–Crippen MR) is 60.1 cm³/mol. The molecule has 0 unspecified atom stereocenters. The molecule has 4 heteroatoms. The number of halogens is 1. The van der Waals surface area contributed by atoms with Crippen molar-refractivity contribution in [2.45, 2.75) is 13.3 Å². The first-order valence-corrected chi connectivity index (χ1v) is 5.29. The minimum Gasteiger partial charge on any atom is -0.370 e. The molecule has 3 nitrogen and oxygen atoms in total. The Bertz CT molecular complexity index is 332. The van der Waals surface area contributed by atoms with Gasteiger partial charge in [0.1, 0.15) is 0 Å². The summed E-state index contributed by atoms with van der Waals surface area (Å²) >= 11 is 3.37. The van der Waals surface area contributed by atoms with Crippen LogP contribution in [0.3, 0.4) is 0 Å². The summed E-state index contributed by atoms with van der Waals surface area (Å²) in [5, 5.41) is 8.51. The lowest BCUT2D eigenvalue weighted by Crippen LogP contribution is -2.23. The molecule has 0 aliphatic rings. The second kappa shape index (κ2) is 5.61. The van der Waals surface area contributed by atoms with Gasteiger partial charge in [-0.2, -0.15) is 5.26 Å². The van der Waals surface area contributed by atoms with Crippen molar-refractivity contribution in [2.24, 2.45) is 0 Å². The Labute approximate surface area is 92.5 Å². The van der Waals surface area contributed by atoms with Gasteiger partial charge in [0.2, 0.25) is 0 Å². The summed E-state index contributed by atoms with van der Waals surface area (Å²) in [5.74, 6) is 0. The number of pyridine rings is 1. The second-order valence-electron chi connectivity index (χ2n) is 2.85. The van der Waals surface area contributed by atoms with Gasteiger partial charge in [-0.05, 0) is 28.9 Å². The van der Waals surface area contributed by atoms with Gasteiger partial charge in [0.05, 0.1) is 24.4 Å². The highest BCUT2D eigenvalue weighted by molar-refractivity contribution is 9.10. The van der Waals surface area contributed by atoms with Gasteiger partial charge in [-0.15, -0.1) is 0 Å². The van der Waals surface area contributed by atoms with Crippen LogP contribution >= 0.6 is 15.9 Å². The first kappa shape index (κ1) is 11.0. The van der Waals surface area contributed by atoms with E-state index in [1.807, 2.05) is 12.3 Å². The lowest BCUT2D eigenvalue weighted by Gasteiger charge is -2.21. The van der Waals surface area contributed by atoms with E-state index < -0.39 is 0 Å². The van der Waals surface area contributed by atoms with Crippen LogP contribution in [0.4, 0.5) is 5.69 Å². The van der Waals surface area contributed by atoms with Gasteiger partial charge >= 0.3 is 0 Å². The molecule has 1 rings (SSSR count). The molecule has 0 amide bonds. The Balaban J connectivity index is 2.74. The second-order valence-corrected chi connectivity index (χ2v) is 3.76. The Kier molecular flexibility index (Phi) is 4.41. The summed E-state index contributed by atoms with van der Waals surface area (Å²) < 4.78 is 0.963. The molecule has 0 fully saturated rings. The van der Waals surface area contributed by atoms with Crippen molar-refractivity contribution in [3.8, 4) is 6.07 Å². The third-order valence-corrected chi connectivity index (χ3v) is 2.36. The monoisotopic (exact) mass is 253 g/mol. The Morgan fingerprint density at radius 2 is 2.36 bits per heavy atom. The van der Waals surface area contributed by atoms with Crippen LogP contribution in [-0.4, -0.2) is 18.1 Å². The summed E-state index contributed by atoms with van der Waals surface area (Å²) in [6, 6.07) is 4.15. The molecule has 14 heavy (non-hydrogen) atoms. The minimum absolute atomic E-state index is 0.542. The molecule has 1 aromatic heterocycles. The number of nitrogens with zero attached hydrogens (tertiary/aromatic N) is 3. The number of rotatable bonds is 4. The van der Waals surface area contributed by atoms with Crippen LogP contribution in [0.5, 0.6) is 0 Å². The molecule has 0 atom stereocenters. The van der Waals surface area contributed by atoms with Crippen molar-refractivity contribution in [1.82, 2.24) is 4.98 Å². The van der Waals surface area contributed by atoms with E-state index in [4.69, 9.17) is 5.26 Å². The van der Waals surface area contributed by atoms with E-state index in [-0.39, 0.29) is 0 Å². The van der Waals surface area contributed by atoms with E-state index >= 15 is 0 Å². The Hall–Kier alpha value is -1.08. The summed E-state index contributed by atoms with van der Waals surface area (Å²) in [7, 11) is 0. The SMILES string of the molecule is CCN(CCC#N)c1cncc(Br)c1. The summed E-state index contributed by atoms with van der Waals surface area (Å²) in [5.41, 5.74) is 1.05. The molecule has 0 spiro atoms. The highest BCUT2D eigenvalue weighted by atomic mass is 79.9. The highest BCUT2D eigenvalue weighted by Gasteiger charge is 2.03. The van der Waals surface area contributed by atoms with E-state index in [0.717, 1.165) is 23.2 Å². The number of nitriles is 1. The largest absolute Gasteiger partial charge is 0.370 e. The smallest absolute Gasteiger partial charge is 0.0640 e. The van der Waals surface area contributed by atoms with Crippen molar-refractivity contribution in [3.05, 3.63) is 22.9 Å². The first-order valence-electron chi connectivity index (χ1n) is 4.50. The quantitative estimate of drug-likeness (QED) is 0.829. The zero-order valence-electron chi connectivity index (χ0n) is 8.07. The summed E-state index contributed by atoms with van der Waals surface area (Å²) in [4.78, 5) is 6.22. The molecule has 1 aromatic rings. The first-order chi connectivity index (χ1) is 6.77. The molecule has 0 aliphatic heterocycles. The van der Waals surface area contributed by atoms with Crippen molar-refractivity contribution in [2.75, 3.05) is 18.0 Å². The minimum atomic E-state index is 0.542. The average molecular weight is 254 g/mol. The molecule has 1 heterocycles. The van der Waals surface area contributed by atoms with Crippen LogP contribution in [0.25, 0.3) is 0 Å². The lowest BCUT2D eigenvalue weighted by atomic mass is 10.3. The third-order valence-electron chi connectivity index (χ3n) is 1.93. The number of hydrogen-bond donors (Lipinski definition) is 0. The van der Waals surface area contributed by atoms with Crippen LogP contribution < -0.4 is 4.90 Å². The van der Waals surface area contributed by atoms with Gasteiger partial charge < -0.3 is 4.90 Å². The molecule has 0 N–H and O–H groups in total. The molecule has 0 aromatic carbocycles. The van der Waals surface area contributed by atoms with Crippen LogP contribution in [-0.2, 0) is 0 Å². The van der Waals surface area contributed by atoms with Crippen molar-refractivity contribution >= 4 is 21.6 Å². The molecule has 0 bridgehead atoms. The summed E-state index contributed by atoms with van der Waals surface area (Å²) in [6.07, 6.45) is 4.10. The van der Waals surface area contributed by atoms with Gasteiger partial charge in [0.25, 0.3) is 0 Å². The molecule has 74 valence electrons. The van der Waals surface area contributed by atoms with E-state index in [9.17, 15) is 0 Å². The van der Waals surface area contributed by atoms with E-state index in [2.05, 4.69) is 38.8 Å². The Morgan fingerprint density at radius 3 is 2.93 bits per heavy atom. The normalized spacial score (nSPS) is 9.50. The zero-order valence-corrected chi connectivity index (χ0v) is 9.66. The fourth-order valence-corrected chi connectivity index (χ4v) is 1.58.